The van der Waals surface area contributed by atoms with Gasteiger partial charge >= 0.3 is 0 Å². The molecule has 3 aromatic heterocycles. The van der Waals surface area contributed by atoms with Crippen LogP contribution in [0.5, 0.6) is 0 Å². The van der Waals surface area contributed by atoms with Gasteiger partial charge < -0.3 is 5.32 Å². The van der Waals surface area contributed by atoms with Crippen molar-refractivity contribution in [1.82, 2.24) is 19.5 Å². The molecular weight excluding hydrogens is 354 g/mol. The van der Waals surface area contributed by atoms with Crippen LogP contribution in [0, 0.1) is 6.92 Å². The molecule has 0 unspecified atom stereocenters. The first-order chi connectivity index (χ1) is 10.1. The summed E-state index contributed by atoms with van der Waals surface area (Å²) < 4.78 is 1.98. The minimum Gasteiger partial charge on any atom is -0.372 e. The number of nitrogens with zero attached hydrogens (tertiary/aromatic N) is 4. The zero-order valence-electron chi connectivity index (χ0n) is 11.4. The van der Waals surface area contributed by atoms with Crippen molar-refractivity contribution in [2.45, 2.75) is 13.5 Å². The minimum absolute atomic E-state index is 0.136. The smallest absolute Gasteiger partial charge is 0.268 e. The van der Waals surface area contributed by atoms with E-state index >= 15 is 0 Å². The molecule has 0 aromatic carbocycles. The lowest BCUT2D eigenvalue weighted by Crippen LogP contribution is -2.25. The molecule has 0 aliphatic carbocycles. The molecule has 0 bridgehead atoms. The molecule has 0 atom stereocenters. The maximum atomic E-state index is 12.2. The fourth-order valence-electron chi connectivity index (χ4n) is 2.04. The van der Waals surface area contributed by atoms with E-state index in [1.807, 2.05) is 18.5 Å². The summed E-state index contributed by atoms with van der Waals surface area (Å²) in [6.07, 6.45) is 1.51. The predicted octanol–water partition coefficient (Wildman–Crippen LogP) is 2.41. The third-order valence-electron chi connectivity index (χ3n) is 3.11. The molecule has 3 rings (SSSR count). The number of anilines is 1. The predicted molar refractivity (Wildman–Crippen MR) is 87.0 cm³/mol. The number of nitrogens with one attached hydrogen (secondary N) is 1. The van der Waals surface area contributed by atoms with Gasteiger partial charge in [-0.2, -0.15) is 0 Å². The Kier molecular flexibility index (Phi) is 3.73. The van der Waals surface area contributed by atoms with Gasteiger partial charge in [-0.05, 0) is 34.3 Å². The Morgan fingerprint density at radius 3 is 3.00 bits per heavy atom. The molecule has 0 saturated heterocycles. The Bertz CT molecular complexity index is 873. The quantitative estimate of drug-likeness (QED) is 0.771. The molecular formula is C13H12BrN5OS. The number of halogens is 1. The van der Waals surface area contributed by atoms with Gasteiger partial charge in [-0.3, -0.25) is 9.36 Å². The molecule has 108 valence electrons. The van der Waals surface area contributed by atoms with Crippen LogP contribution in [0.2, 0.25) is 0 Å². The number of hydrogen-bond acceptors (Lipinski definition) is 6. The molecule has 8 heteroatoms. The Hall–Kier alpha value is -1.80. The summed E-state index contributed by atoms with van der Waals surface area (Å²) in [5.41, 5.74) is -0.136. The Morgan fingerprint density at radius 1 is 1.43 bits per heavy atom. The third kappa shape index (κ3) is 2.56. The average molecular weight is 366 g/mol. The monoisotopic (exact) mass is 365 g/mol. The summed E-state index contributed by atoms with van der Waals surface area (Å²) in [4.78, 5) is 26.2. The van der Waals surface area contributed by atoms with Crippen LogP contribution in [-0.4, -0.2) is 26.6 Å². The molecule has 0 aliphatic rings. The van der Waals surface area contributed by atoms with Gasteiger partial charge in [-0.25, -0.2) is 15.0 Å². The highest BCUT2D eigenvalue weighted by Crippen LogP contribution is 2.24. The van der Waals surface area contributed by atoms with Gasteiger partial charge in [-0.15, -0.1) is 11.3 Å². The molecule has 0 saturated carbocycles. The maximum Gasteiger partial charge on any atom is 0.268 e. The zero-order chi connectivity index (χ0) is 15.0. The topological polar surface area (TPSA) is 72.7 Å². The summed E-state index contributed by atoms with van der Waals surface area (Å²) in [5, 5.41) is 6.03. The van der Waals surface area contributed by atoms with Crippen molar-refractivity contribution in [3.63, 3.8) is 0 Å². The highest BCUT2D eigenvalue weighted by atomic mass is 79.9. The van der Waals surface area contributed by atoms with E-state index in [9.17, 15) is 4.79 Å². The number of aryl methyl sites for hydroxylation is 1. The fourth-order valence-corrected chi connectivity index (χ4v) is 3.14. The highest BCUT2D eigenvalue weighted by Gasteiger charge is 2.11. The van der Waals surface area contributed by atoms with E-state index in [1.165, 1.54) is 6.20 Å². The van der Waals surface area contributed by atoms with Crippen LogP contribution in [0.4, 0.5) is 5.82 Å². The van der Waals surface area contributed by atoms with Crippen LogP contribution in [0.1, 0.15) is 11.6 Å². The van der Waals surface area contributed by atoms with Crippen LogP contribution in [-0.2, 0) is 6.54 Å². The van der Waals surface area contributed by atoms with E-state index in [4.69, 9.17) is 0 Å². The van der Waals surface area contributed by atoms with Crippen molar-refractivity contribution in [3.05, 3.63) is 44.1 Å². The first kappa shape index (κ1) is 14.2. The lowest BCUT2D eigenvalue weighted by molar-refractivity contribution is 0.668. The van der Waals surface area contributed by atoms with E-state index in [0.29, 0.717) is 22.7 Å². The summed E-state index contributed by atoms with van der Waals surface area (Å²) in [6.45, 7) is 2.08. The second kappa shape index (κ2) is 5.53. The molecule has 0 amide bonds. The normalized spacial score (nSPS) is 11.0. The van der Waals surface area contributed by atoms with E-state index in [-0.39, 0.29) is 5.56 Å². The largest absolute Gasteiger partial charge is 0.372 e. The van der Waals surface area contributed by atoms with E-state index in [0.717, 1.165) is 16.0 Å². The summed E-state index contributed by atoms with van der Waals surface area (Å²) in [5.74, 6) is 1.98. The molecule has 3 aromatic rings. The van der Waals surface area contributed by atoms with Gasteiger partial charge in [0.1, 0.15) is 20.9 Å². The average Bonchev–Trinajstić information content (AvgIpc) is 2.95. The Balaban J connectivity index is 2.10. The highest BCUT2D eigenvalue weighted by molar-refractivity contribution is 9.10. The van der Waals surface area contributed by atoms with E-state index in [2.05, 4.69) is 36.2 Å². The van der Waals surface area contributed by atoms with Gasteiger partial charge in [0.25, 0.3) is 5.56 Å². The van der Waals surface area contributed by atoms with Crippen LogP contribution in [0.15, 0.2) is 26.9 Å². The van der Waals surface area contributed by atoms with Crippen molar-refractivity contribution >= 4 is 43.3 Å². The molecule has 0 aliphatic heterocycles. The first-order valence-electron chi connectivity index (χ1n) is 6.24. The molecule has 0 spiro atoms. The van der Waals surface area contributed by atoms with Crippen LogP contribution >= 0.6 is 27.3 Å². The zero-order valence-corrected chi connectivity index (χ0v) is 13.8. The number of fused-ring (bicyclic) bond motifs is 1. The Labute approximate surface area is 133 Å². The lowest BCUT2D eigenvalue weighted by atomic mass is 10.3. The number of hydrogen-bond donors (Lipinski definition) is 1. The molecule has 21 heavy (non-hydrogen) atoms. The minimum atomic E-state index is -0.136. The molecule has 3 heterocycles. The fraction of sp³-hybridized carbons (Fsp3) is 0.231. The van der Waals surface area contributed by atoms with Gasteiger partial charge in [0, 0.05) is 13.2 Å². The van der Waals surface area contributed by atoms with Crippen molar-refractivity contribution in [2.75, 3.05) is 12.4 Å². The Morgan fingerprint density at radius 2 is 2.24 bits per heavy atom. The van der Waals surface area contributed by atoms with Crippen molar-refractivity contribution < 1.29 is 0 Å². The van der Waals surface area contributed by atoms with Crippen LogP contribution in [0.3, 0.4) is 0 Å². The summed E-state index contributed by atoms with van der Waals surface area (Å²) in [6, 6.07) is 1.98. The molecule has 1 N–H and O–H groups in total. The second-order valence-electron chi connectivity index (χ2n) is 4.42. The SMILES string of the molecule is CNc1nc(Cn2c(C)ncc(Br)c2=O)nc2sccc12. The number of aromatic nitrogens is 4. The van der Waals surface area contributed by atoms with Crippen molar-refractivity contribution in [2.24, 2.45) is 0 Å². The maximum absolute atomic E-state index is 12.2. The second-order valence-corrected chi connectivity index (χ2v) is 6.17. The van der Waals surface area contributed by atoms with Gasteiger partial charge in [0.2, 0.25) is 0 Å². The van der Waals surface area contributed by atoms with Crippen molar-refractivity contribution in [1.29, 1.82) is 0 Å². The van der Waals surface area contributed by atoms with E-state index < -0.39 is 0 Å². The van der Waals surface area contributed by atoms with Crippen LogP contribution < -0.4 is 10.9 Å². The van der Waals surface area contributed by atoms with Crippen molar-refractivity contribution in [3.8, 4) is 0 Å². The standard InChI is InChI=1S/C13H12BrN5OS/c1-7-16-5-9(14)13(20)19(7)6-10-17-11(15-2)8-3-4-21-12(8)18-10/h3-5H,6H2,1-2H3,(H,15,17,18). The summed E-state index contributed by atoms with van der Waals surface area (Å²) >= 11 is 4.76. The number of thiophene rings is 1. The van der Waals surface area contributed by atoms with Gasteiger partial charge in [0.15, 0.2) is 5.82 Å². The van der Waals surface area contributed by atoms with Crippen LogP contribution in [0.25, 0.3) is 10.2 Å². The molecule has 6 nitrogen and oxygen atoms in total. The number of rotatable bonds is 3. The molecule has 0 fully saturated rings. The van der Waals surface area contributed by atoms with Gasteiger partial charge in [-0.1, -0.05) is 0 Å². The van der Waals surface area contributed by atoms with Gasteiger partial charge in [0.05, 0.1) is 11.9 Å². The lowest BCUT2D eigenvalue weighted by Gasteiger charge is -2.10. The summed E-state index contributed by atoms with van der Waals surface area (Å²) in [7, 11) is 1.82. The third-order valence-corrected chi connectivity index (χ3v) is 4.46. The first-order valence-corrected chi connectivity index (χ1v) is 7.91. The molecule has 0 radical (unpaired) electrons. The van der Waals surface area contributed by atoms with E-state index in [1.54, 1.807) is 22.8 Å².